The van der Waals surface area contributed by atoms with Crippen molar-refractivity contribution in [2.75, 3.05) is 20.8 Å². The van der Waals surface area contributed by atoms with Gasteiger partial charge in [0.1, 0.15) is 24.0 Å². The van der Waals surface area contributed by atoms with Gasteiger partial charge in [-0.3, -0.25) is 4.57 Å². The molecule has 1 aliphatic rings. The number of benzene rings is 3. The predicted octanol–water partition coefficient (Wildman–Crippen LogP) is 7.94. The summed E-state index contributed by atoms with van der Waals surface area (Å²) < 4.78 is 35.6. The molecule has 7 nitrogen and oxygen atoms in total. The van der Waals surface area contributed by atoms with Crippen LogP contribution in [0.4, 0.5) is 4.39 Å². The molecule has 0 radical (unpaired) electrons. The number of thioether (sulfide) groups is 1. The molecule has 9 heteroatoms. The first-order valence-electron chi connectivity index (χ1n) is 14.7. The summed E-state index contributed by atoms with van der Waals surface area (Å²) in [5.74, 6) is 2.83. The first kappa shape index (κ1) is 29.8. The molecule has 2 aromatic heterocycles. The number of nitrogens with zero attached hydrogens (tertiary/aromatic N) is 4. The summed E-state index contributed by atoms with van der Waals surface area (Å²) in [5.41, 5.74) is 3.48. The van der Waals surface area contributed by atoms with Gasteiger partial charge in [-0.1, -0.05) is 38.1 Å². The first-order chi connectivity index (χ1) is 21.2. The Bertz CT molecular complexity index is 1740. The van der Waals surface area contributed by atoms with Crippen molar-refractivity contribution in [3.05, 3.63) is 108 Å². The third kappa shape index (κ3) is 5.68. The van der Waals surface area contributed by atoms with Crippen molar-refractivity contribution in [1.82, 2.24) is 19.1 Å². The molecule has 0 atom stereocenters. The fourth-order valence-electron chi connectivity index (χ4n) is 5.67. The number of halogens is 1. The highest BCUT2D eigenvalue weighted by Crippen LogP contribution is 2.49. The highest BCUT2D eigenvalue weighted by Gasteiger charge is 2.41. The minimum Gasteiger partial charge on any atom is -0.493 e. The normalized spacial score (nSPS) is 14.2. The Morgan fingerprint density at radius 2 is 1.61 bits per heavy atom. The van der Waals surface area contributed by atoms with Crippen molar-refractivity contribution in [3.63, 3.8) is 0 Å². The lowest BCUT2D eigenvalue weighted by Crippen LogP contribution is -2.40. The molecular weight excluding hydrogens is 575 g/mol. The summed E-state index contributed by atoms with van der Waals surface area (Å²) in [4.78, 5) is 9.28. The van der Waals surface area contributed by atoms with E-state index in [1.165, 1.54) is 12.1 Å². The Kier molecular flexibility index (Phi) is 8.16. The zero-order valence-corrected chi connectivity index (χ0v) is 26.5. The van der Waals surface area contributed by atoms with Crippen LogP contribution in [0.3, 0.4) is 0 Å². The van der Waals surface area contributed by atoms with Gasteiger partial charge < -0.3 is 18.8 Å². The largest absolute Gasteiger partial charge is 0.493 e. The molecule has 3 aromatic carbocycles. The van der Waals surface area contributed by atoms with Crippen molar-refractivity contribution < 1.29 is 18.6 Å². The van der Waals surface area contributed by atoms with Crippen LogP contribution in [0.25, 0.3) is 11.4 Å². The van der Waals surface area contributed by atoms with Crippen molar-refractivity contribution in [1.29, 1.82) is 0 Å². The number of hydrogen-bond donors (Lipinski definition) is 0. The standard InChI is InChI=1S/C35H37FN4O3S/c1-24-37-19-20-39(24)27-12-14-29(15-13-27)43-23-35(17-6-18-35)44-33-38-22-32(40(33)28-10-8-26(36)9-11-28)34(2,3)25-7-16-30(41-4)31(21-25)42-5/h7-16,19-22H,6,17-18,23H2,1-5H3. The molecule has 0 aliphatic heterocycles. The lowest BCUT2D eigenvalue weighted by atomic mass is 9.81. The van der Waals surface area contributed by atoms with Crippen LogP contribution in [0, 0.1) is 12.7 Å². The molecule has 0 saturated heterocycles. The maximum Gasteiger partial charge on any atom is 0.173 e. The van der Waals surface area contributed by atoms with Gasteiger partial charge in [0.25, 0.3) is 0 Å². The van der Waals surface area contributed by atoms with Gasteiger partial charge in [-0.2, -0.15) is 0 Å². The van der Waals surface area contributed by atoms with E-state index >= 15 is 0 Å². The summed E-state index contributed by atoms with van der Waals surface area (Å²) >= 11 is 1.75. The number of hydrogen-bond acceptors (Lipinski definition) is 6. The van der Waals surface area contributed by atoms with E-state index in [2.05, 4.69) is 29.5 Å². The van der Waals surface area contributed by atoms with Gasteiger partial charge in [-0.05, 0) is 86.0 Å². The van der Waals surface area contributed by atoms with E-state index in [4.69, 9.17) is 19.2 Å². The minimum absolute atomic E-state index is 0.118. The van der Waals surface area contributed by atoms with Crippen LogP contribution >= 0.6 is 11.8 Å². The third-order valence-corrected chi connectivity index (χ3v) is 10.0. The topological polar surface area (TPSA) is 63.3 Å². The van der Waals surface area contributed by atoms with E-state index in [0.717, 1.165) is 58.6 Å². The molecule has 44 heavy (non-hydrogen) atoms. The molecule has 1 saturated carbocycles. The second-order valence-electron chi connectivity index (χ2n) is 11.7. The van der Waals surface area contributed by atoms with Gasteiger partial charge in [0.15, 0.2) is 16.7 Å². The molecule has 0 N–H and O–H groups in total. The van der Waals surface area contributed by atoms with Gasteiger partial charge in [-0.25, -0.2) is 14.4 Å². The van der Waals surface area contributed by atoms with Crippen molar-refractivity contribution in [2.24, 2.45) is 0 Å². The van der Waals surface area contributed by atoms with Gasteiger partial charge in [-0.15, -0.1) is 0 Å². The van der Waals surface area contributed by atoms with Crippen LogP contribution in [0.15, 0.2) is 90.5 Å². The molecule has 0 amide bonds. The Labute approximate surface area is 262 Å². The maximum atomic E-state index is 14.0. The minimum atomic E-state index is -0.460. The third-order valence-electron chi connectivity index (χ3n) is 8.57. The van der Waals surface area contributed by atoms with E-state index in [1.54, 1.807) is 32.2 Å². The molecule has 0 spiro atoms. The molecule has 2 heterocycles. The lowest BCUT2D eigenvalue weighted by Gasteiger charge is -2.40. The van der Waals surface area contributed by atoms with Gasteiger partial charge in [0.05, 0.1) is 30.9 Å². The van der Waals surface area contributed by atoms with Gasteiger partial charge in [0.2, 0.25) is 0 Å². The summed E-state index contributed by atoms with van der Waals surface area (Å²) in [6.07, 6.45) is 8.87. The monoisotopic (exact) mass is 612 g/mol. The zero-order chi connectivity index (χ0) is 30.9. The van der Waals surface area contributed by atoms with Crippen LogP contribution < -0.4 is 14.2 Å². The molecule has 0 unspecified atom stereocenters. The number of methoxy groups -OCH3 is 2. The molecule has 228 valence electrons. The van der Waals surface area contributed by atoms with E-state index < -0.39 is 5.41 Å². The Balaban J connectivity index is 1.30. The summed E-state index contributed by atoms with van der Waals surface area (Å²) in [6, 6.07) is 20.7. The number of aryl methyl sites for hydroxylation is 1. The number of imidazole rings is 2. The van der Waals surface area contributed by atoms with Crippen LogP contribution in [0.5, 0.6) is 17.2 Å². The fourth-order valence-corrected chi connectivity index (χ4v) is 7.07. The highest BCUT2D eigenvalue weighted by atomic mass is 32.2. The molecule has 6 rings (SSSR count). The zero-order valence-electron chi connectivity index (χ0n) is 25.7. The SMILES string of the molecule is COc1ccc(C(C)(C)c2cnc(SC3(COc4ccc(-n5ccnc5C)cc4)CCC3)n2-c2ccc(F)cc2)cc1OC. The molecule has 0 bridgehead atoms. The van der Waals surface area contributed by atoms with E-state index in [0.29, 0.717) is 18.1 Å². The van der Waals surface area contributed by atoms with Crippen LogP contribution in [0.1, 0.15) is 50.2 Å². The summed E-state index contributed by atoms with van der Waals surface area (Å²) in [7, 11) is 3.27. The first-order valence-corrected chi connectivity index (χ1v) is 15.5. The Hall–Kier alpha value is -4.24. The average molecular weight is 613 g/mol. The Morgan fingerprint density at radius 1 is 0.909 bits per heavy atom. The van der Waals surface area contributed by atoms with E-state index in [-0.39, 0.29) is 10.6 Å². The van der Waals surface area contributed by atoms with Crippen molar-refractivity contribution in [3.8, 4) is 28.6 Å². The van der Waals surface area contributed by atoms with Crippen molar-refractivity contribution >= 4 is 11.8 Å². The number of aromatic nitrogens is 4. The summed E-state index contributed by atoms with van der Waals surface area (Å²) in [5, 5.41) is 0.856. The second-order valence-corrected chi connectivity index (χ2v) is 13.1. The molecular formula is C35H37FN4O3S. The van der Waals surface area contributed by atoms with Crippen LogP contribution in [0.2, 0.25) is 0 Å². The quantitative estimate of drug-likeness (QED) is 0.151. The van der Waals surface area contributed by atoms with Crippen LogP contribution in [-0.2, 0) is 5.41 Å². The predicted molar refractivity (Wildman–Crippen MR) is 171 cm³/mol. The maximum absolute atomic E-state index is 14.0. The lowest BCUT2D eigenvalue weighted by molar-refractivity contribution is 0.209. The molecule has 1 fully saturated rings. The second kappa shape index (κ2) is 12.0. The van der Waals surface area contributed by atoms with E-state index in [1.807, 2.05) is 72.4 Å². The molecule has 1 aliphatic carbocycles. The highest BCUT2D eigenvalue weighted by molar-refractivity contribution is 8.00. The smallest absolute Gasteiger partial charge is 0.173 e. The summed E-state index contributed by atoms with van der Waals surface area (Å²) in [6.45, 7) is 6.87. The van der Waals surface area contributed by atoms with Gasteiger partial charge in [0, 0.05) is 29.2 Å². The Morgan fingerprint density at radius 3 is 2.23 bits per heavy atom. The van der Waals surface area contributed by atoms with Gasteiger partial charge >= 0.3 is 0 Å². The number of ether oxygens (including phenoxy) is 3. The van der Waals surface area contributed by atoms with Crippen molar-refractivity contribution in [2.45, 2.75) is 55.4 Å². The van der Waals surface area contributed by atoms with E-state index in [9.17, 15) is 4.39 Å². The average Bonchev–Trinajstić information content (AvgIpc) is 3.65. The molecule has 5 aromatic rings. The fraction of sp³-hybridized carbons (Fsp3) is 0.314. The van der Waals surface area contributed by atoms with Crippen LogP contribution in [-0.4, -0.2) is 44.7 Å². The number of rotatable bonds is 11.